The summed E-state index contributed by atoms with van der Waals surface area (Å²) in [5, 5.41) is 6.87. The van der Waals surface area contributed by atoms with Crippen LogP contribution in [0.1, 0.15) is 24.5 Å². The van der Waals surface area contributed by atoms with Crippen molar-refractivity contribution in [2.45, 2.75) is 26.3 Å². The SMILES string of the molecule is Cc1nc(CN(C)C(=O)C2CC3C=CC2C3)n[nH]1. The highest BCUT2D eigenvalue weighted by Gasteiger charge is 2.40. The summed E-state index contributed by atoms with van der Waals surface area (Å²) < 4.78 is 0. The molecular weight excluding hydrogens is 228 g/mol. The molecule has 1 saturated carbocycles. The molecule has 1 amide bonds. The van der Waals surface area contributed by atoms with E-state index < -0.39 is 0 Å². The number of aromatic nitrogens is 3. The van der Waals surface area contributed by atoms with Crippen LogP contribution in [0.15, 0.2) is 12.2 Å². The number of amides is 1. The Kier molecular flexibility index (Phi) is 2.69. The van der Waals surface area contributed by atoms with Crippen LogP contribution in [-0.2, 0) is 11.3 Å². The third-order valence-electron chi connectivity index (χ3n) is 3.99. The van der Waals surface area contributed by atoms with Crippen molar-refractivity contribution in [2.24, 2.45) is 17.8 Å². The molecule has 1 heterocycles. The lowest BCUT2D eigenvalue weighted by atomic mass is 9.92. The Morgan fingerprint density at radius 3 is 2.89 bits per heavy atom. The van der Waals surface area contributed by atoms with Gasteiger partial charge in [0.1, 0.15) is 5.82 Å². The molecule has 0 saturated heterocycles. The summed E-state index contributed by atoms with van der Waals surface area (Å²) in [6.07, 6.45) is 6.63. The highest BCUT2D eigenvalue weighted by Crippen LogP contribution is 2.44. The average molecular weight is 246 g/mol. The topological polar surface area (TPSA) is 61.9 Å². The maximum Gasteiger partial charge on any atom is 0.226 e. The van der Waals surface area contributed by atoms with Gasteiger partial charge in [-0.15, -0.1) is 0 Å². The summed E-state index contributed by atoms with van der Waals surface area (Å²) in [4.78, 5) is 18.4. The summed E-state index contributed by atoms with van der Waals surface area (Å²) in [6, 6.07) is 0. The van der Waals surface area contributed by atoms with E-state index in [-0.39, 0.29) is 11.8 Å². The number of hydrogen-bond donors (Lipinski definition) is 1. The number of carbonyl (C=O) groups excluding carboxylic acids is 1. The van der Waals surface area contributed by atoms with E-state index in [1.54, 1.807) is 4.90 Å². The predicted molar refractivity (Wildman–Crippen MR) is 66.4 cm³/mol. The molecule has 96 valence electrons. The Morgan fingerprint density at radius 1 is 1.50 bits per heavy atom. The van der Waals surface area contributed by atoms with Gasteiger partial charge in [0, 0.05) is 13.0 Å². The fraction of sp³-hybridized carbons (Fsp3) is 0.615. The molecule has 3 unspecified atom stereocenters. The van der Waals surface area contributed by atoms with Gasteiger partial charge in [0.05, 0.1) is 6.54 Å². The number of H-pyrrole nitrogens is 1. The first-order valence-electron chi connectivity index (χ1n) is 6.44. The van der Waals surface area contributed by atoms with Crippen molar-refractivity contribution in [2.75, 3.05) is 7.05 Å². The van der Waals surface area contributed by atoms with Gasteiger partial charge in [-0.1, -0.05) is 12.2 Å². The Bertz CT molecular complexity index is 493. The molecule has 1 aromatic heterocycles. The van der Waals surface area contributed by atoms with Crippen molar-refractivity contribution in [3.8, 4) is 0 Å². The van der Waals surface area contributed by atoms with Crippen molar-refractivity contribution in [3.05, 3.63) is 23.8 Å². The van der Waals surface area contributed by atoms with Crippen LogP contribution < -0.4 is 0 Å². The lowest BCUT2D eigenvalue weighted by molar-refractivity contribution is -0.135. The maximum atomic E-state index is 12.4. The van der Waals surface area contributed by atoms with Crippen LogP contribution in [0.4, 0.5) is 0 Å². The number of nitrogens with one attached hydrogen (secondary N) is 1. The normalized spacial score (nSPS) is 28.9. The van der Waals surface area contributed by atoms with Crippen LogP contribution in [0.2, 0.25) is 0 Å². The minimum Gasteiger partial charge on any atom is -0.338 e. The lowest BCUT2D eigenvalue weighted by Crippen LogP contribution is -2.34. The van der Waals surface area contributed by atoms with Gasteiger partial charge in [0.15, 0.2) is 5.82 Å². The van der Waals surface area contributed by atoms with E-state index in [2.05, 4.69) is 27.3 Å². The smallest absolute Gasteiger partial charge is 0.226 e. The molecule has 5 nitrogen and oxygen atoms in total. The minimum absolute atomic E-state index is 0.171. The molecule has 1 N–H and O–H groups in total. The van der Waals surface area contributed by atoms with Crippen molar-refractivity contribution < 1.29 is 4.79 Å². The van der Waals surface area contributed by atoms with Crippen molar-refractivity contribution in [1.29, 1.82) is 0 Å². The molecule has 1 fully saturated rings. The zero-order valence-electron chi connectivity index (χ0n) is 10.8. The molecule has 0 radical (unpaired) electrons. The van der Waals surface area contributed by atoms with Crippen LogP contribution in [0.25, 0.3) is 0 Å². The summed E-state index contributed by atoms with van der Waals surface area (Å²) in [6.45, 7) is 2.35. The highest BCUT2D eigenvalue weighted by atomic mass is 16.2. The Hall–Kier alpha value is -1.65. The van der Waals surface area contributed by atoms with Crippen LogP contribution in [-0.4, -0.2) is 33.0 Å². The van der Waals surface area contributed by atoms with E-state index in [9.17, 15) is 4.79 Å². The zero-order chi connectivity index (χ0) is 12.7. The third-order valence-corrected chi connectivity index (χ3v) is 3.99. The molecule has 0 spiro atoms. The monoisotopic (exact) mass is 246 g/mol. The van der Waals surface area contributed by atoms with Gasteiger partial charge in [-0.3, -0.25) is 9.89 Å². The van der Waals surface area contributed by atoms with Gasteiger partial charge in [0.25, 0.3) is 0 Å². The predicted octanol–water partition coefficient (Wildman–Crippen LogP) is 1.28. The highest BCUT2D eigenvalue weighted by molar-refractivity contribution is 5.79. The van der Waals surface area contributed by atoms with E-state index in [1.165, 1.54) is 0 Å². The number of nitrogens with zero attached hydrogens (tertiary/aromatic N) is 3. The number of carbonyl (C=O) groups is 1. The van der Waals surface area contributed by atoms with Gasteiger partial charge in [-0.05, 0) is 31.6 Å². The second kappa shape index (κ2) is 4.23. The molecule has 3 atom stereocenters. The summed E-state index contributed by atoms with van der Waals surface area (Å²) in [7, 11) is 1.84. The number of aryl methyl sites for hydroxylation is 1. The molecule has 2 aliphatic rings. The van der Waals surface area contributed by atoms with Gasteiger partial charge in [0.2, 0.25) is 5.91 Å². The van der Waals surface area contributed by atoms with Crippen LogP contribution >= 0.6 is 0 Å². The van der Waals surface area contributed by atoms with Gasteiger partial charge in [-0.25, -0.2) is 4.98 Å². The first kappa shape index (κ1) is 11.4. The zero-order valence-corrected chi connectivity index (χ0v) is 10.8. The summed E-state index contributed by atoms with van der Waals surface area (Å²) in [5.74, 6) is 2.96. The van der Waals surface area contributed by atoms with Crippen LogP contribution in [0, 0.1) is 24.7 Å². The first-order chi connectivity index (χ1) is 8.63. The minimum atomic E-state index is 0.171. The molecule has 0 aromatic carbocycles. The fourth-order valence-corrected chi connectivity index (χ4v) is 3.10. The molecule has 2 bridgehead atoms. The second-order valence-corrected chi connectivity index (χ2v) is 5.42. The average Bonchev–Trinajstić information content (AvgIpc) is 3.04. The van der Waals surface area contributed by atoms with Gasteiger partial charge >= 0.3 is 0 Å². The molecule has 5 heteroatoms. The fourth-order valence-electron chi connectivity index (χ4n) is 3.10. The van der Waals surface area contributed by atoms with Gasteiger partial charge < -0.3 is 4.90 Å². The number of allylic oxidation sites excluding steroid dienone is 2. The molecule has 1 aromatic rings. The number of hydrogen-bond acceptors (Lipinski definition) is 3. The largest absolute Gasteiger partial charge is 0.338 e. The first-order valence-corrected chi connectivity index (χ1v) is 6.44. The van der Waals surface area contributed by atoms with Crippen molar-refractivity contribution >= 4 is 5.91 Å². The van der Waals surface area contributed by atoms with E-state index in [1.807, 2.05) is 14.0 Å². The summed E-state index contributed by atoms with van der Waals surface area (Å²) >= 11 is 0. The van der Waals surface area contributed by atoms with E-state index in [4.69, 9.17) is 0 Å². The number of fused-ring (bicyclic) bond motifs is 2. The summed E-state index contributed by atoms with van der Waals surface area (Å²) in [5.41, 5.74) is 0. The van der Waals surface area contributed by atoms with Crippen LogP contribution in [0.5, 0.6) is 0 Å². The Balaban J connectivity index is 1.64. The van der Waals surface area contributed by atoms with E-state index in [0.29, 0.717) is 24.2 Å². The molecule has 2 aliphatic carbocycles. The third kappa shape index (κ3) is 1.94. The standard InChI is InChI=1S/C13H18N4O/c1-8-14-12(16-15-8)7-17(2)13(18)11-6-9-3-4-10(11)5-9/h3-4,9-11H,5-7H2,1-2H3,(H,14,15,16). The molecule has 3 rings (SSSR count). The van der Waals surface area contributed by atoms with Crippen molar-refractivity contribution in [1.82, 2.24) is 20.1 Å². The number of aromatic amines is 1. The maximum absolute atomic E-state index is 12.4. The van der Waals surface area contributed by atoms with Crippen LogP contribution in [0.3, 0.4) is 0 Å². The quantitative estimate of drug-likeness (QED) is 0.817. The Labute approximate surface area is 106 Å². The molecule has 18 heavy (non-hydrogen) atoms. The van der Waals surface area contributed by atoms with Gasteiger partial charge in [-0.2, -0.15) is 5.10 Å². The lowest BCUT2D eigenvalue weighted by Gasteiger charge is -2.23. The van der Waals surface area contributed by atoms with E-state index in [0.717, 1.165) is 18.7 Å². The van der Waals surface area contributed by atoms with Crippen molar-refractivity contribution in [3.63, 3.8) is 0 Å². The molecular formula is C13H18N4O. The van der Waals surface area contributed by atoms with E-state index >= 15 is 0 Å². The second-order valence-electron chi connectivity index (χ2n) is 5.42. The Morgan fingerprint density at radius 2 is 2.33 bits per heavy atom. The molecule has 0 aliphatic heterocycles. The number of rotatable bonds is 3.